The molecule has 0 spiro atoms. The molecule has 0 aliphatic rings. The van der Waals surface area contributed by atoms with Crippen LogP contribution in [0.4, 0.5) is 0 Å². The maximum Gasteiger partial charge on any atom is 0.136 e. The van der Waals surface area contributed by atoms with E-state index in [0.717, 1.165) is 0 Å². The van der Waals surface area contributed by atoms with Gasteiger partial charge in [0.05, 0.1) is 0 Å². The monoisotopic (exact) mass is 128 g/mol. The van der Waals surface area contributed by atoms with Crippen LogP contribution in [0.3, 0.4) is 0 Å². The summed E-state index contributed by atoms with van der Waals surface area (Å²) in [5.74, 6) is 0. The molecule has 0 radical (unpaired) electrons. The van der Waals surface area contributed by atoms with Crippen LogP contribution in [-0.4, -0.2) is 10.2 Å². The molecule has 0 aromatic carbocycles. The highest BCUT2D eigenvalue weighted by Crippen LogP contribution is 1.94. The highest BCUT2D eigenvalue weighted by Gasteiger charge is 1.82. The summed E-state index contributed by atoms with van der Waals surface area (Å²) in [6.07, 6.45) is 0. The molecule has 0 rings (SSSR count). The van der Waals surface area contributed by atoms with E-state index in [9.17, 15) is 0 Å². The molecule has 0 saturated carbocycles. The van der Waals surface area contributed by atoms with Crippen LogP contribution in [0.5, 0.6) is 0 Å². The maximum absolute atomic E-state index is 5.07. The first kappa shape index (κ1) is 5.67. The van der Waals surface area contributed by atoms with Crippen molar-refractivity contribution in [2.75, 3.05) is 0 Å². The first-order valence-corrected chi connectivity index (χ1v) is 2.35. The zero-order valence-electron chi connectivity index (χ0n) is 2.32. The molecule has 0 unspecified atom stereocenters. The van der Waals surface area contributed by atoms with Gasteiger partial charge in [0.25, 0.3) is 0 Å². The Hall–Kier alpha value is 0.670. The lowest BCUT2D eigenvalue weighted by Gasteiger charge is -1.75. The van der Waals surface area contributed by atoms with Gasteiger partial charge in [-0.2, -0.15) is 0 Å². The van der Waals surface area contributed by atoms with Crippen LogP contribution in [-0.2, 0) is 0 Å². The highest BCUT2D eigenvalue weighted by atomic mass is 35.5. The predicted octanol–water partition coefficient (Wildman–Crippen LogP) is 1.79. The highest BCUT2D eigenvalue weighted by molar-refractivity contribution is 7.79. The van der Waals surface area contributed by atoms with E-state index in [4.69, 9.17) is 23.2 Å². The van der Waals surface area contributed by atoms with Crippen LogP contribution >= 0.6 is 35.4 Å². The van der Waals surface area contributed by atoms with Crippen molar-refractivity contribution in [1.82, 2.24) is 0 Å². The van der Waals surface area contributed by atoms with Gasteiger partial charge in [0.15, 0.2) is 0 Å². The molecule has 3 heteroatoms. The van der Waals surface area contributed by atoms with E-state index >= 15 is 0 Å². The molecule has 0 atom stereocenters. The van der Waals surface area contributed by atoms with Crippen LogP contribution in [0.15, 0.2) is 0 Å². The van der Waals surface area contributed by atoms with Gasteiger partial charge < -0.3 is 0 Å². The molecule has 30 valence electrons. The standard InChI is InChI=1S/C2H2Cl2S/c3-2(4)1-5/h1-2H. The first-order chi connectivity index (χ1) is 2.27. The molecule has 5 heavy (non-hydrogen) atoms. The second-order valence-electron chi connectivity index (χ2n) is 0.471. The molecule has 0 heterocycles. The number of halogens is 2. The Morgan fingerprint density at radius 1 is 1.60 bits per heavy atom. The lowest BCUT2D eigenvalue weighted by atomic mass is 11.0. The van der Waals surface area contributed by atoms with E-state index in [1.165, 1.54) is 5.37 Å². The number of hydrogen-bond donors (Lipinski definition) is 0. The van der Waals surface area contributed by atoms with E-state index in [0.29, 0.717) is 0 Å². The van der Waals surface area contributed by atoms with Gasteiger partial charge in [-0.25, -0.2) is 0 Å². The Balaban J connectivity index is 2.83. The van der Waals surface area contributed by atoms with E-state index in [1.807, 2.05) is 0 Å². The summed E-state index contributed by atoms with van der Waals surface area (Å²) in [4.78, 5) is -0.481. The average Bonchev–Trinajstić information content (AvgIpc) is 1.38. The van der Waals surface area contributed by atoms with Gasteiger partial charge >= 0.3 is 0 Å². The van der Waals surface area contributed by atoms with Crippen molar-refractivity contribution in [3.05, 3.63) is 0 Å². The summed E-state index contributed by atoms with van der Waals surface area (Å²) in [5.41, 5.74) is 0. The zero-order chi connectivity index (χ0) is 4.28. The van der Waals surface area contributed by atoms with Gasteiger partial charge in [0.2, 0.25) is 0 Å². The molecule has 0 bridgehead atoms. The van der Waals surface area contributed by atoms with Gasteiger partial charge in [-0.1, -0.05) is 35.4 Å². The third-order valence-corrected chi connectivity index (χ3v) is 0.926. The average molecular weight is 129 g/mol. The lowest BCUT2D eigenvalue weighted by Crippen LogP contribution is -1.78. The fourth-order valence-corrected chi connectivity index (χ4v) is 0. The van der Waals surface area contributed by atoms with Crippen LogP contribution in [0.25, 0.3) is 0 Å². The minimum absolute atomic E-state index is 0.481. The smallest absolute Gasteiger partial charge is 0.0998 e. The number of alkyl halides is 2. The van der Waals surface area contributed by atoms with Crippen LogP contribution < -0.4 is 0 Å². The minimum atomic E-state index is -0.481. The van der Waals surface area contributed by atoms with Crippen molar-refractivity contribution < 1.29 is 0 Å². The summed E-state index contributed by atoms with van der Waals surface area (Å²) in [6.45, 7) is 0. The first-order valence-electron chi connectivity index (χ1n) is 1.01. The Bertz CT molecular complexity index is 34.6. The topological polar surface area (TPSA) is 0 Å². The van der Waals surface area contributed by atoms with Crippen LogP contribution in [0.2, 0.25) is 0 Å². The molecule has 0 aliphatic heterocycles. The molecular formula is C2H2Cl2S. The number of rotatable bonds is 1. The summed E-state index contributed by atoms with van der Waals surface area (Å²) < 4.78 is 0. The van der Waals surface area contributed by atoms with Gasteiger partial charge in [0, 0.05) is 5.37 Å². The molecule has 0 aromatic heterocycles. The van der Waals surface area contributed by atoms with Gasteiger partial charge in [0.1, 0.15) is 4.84 Å². The largest absolute Gasteiger partial charge is 0.136 e. The Morgan fingerprint density at radius 3 is 1.80 bits per heavy atom. The number of hydrogen-bond acceptors (Lipinski definition) is 1. The number of thiocarbonyl (C=S) groups is 1. The quantitative estimate of drug-likeness (QED) is 0.384. The summed E-state index contributed by atoms with van der Waals surface area (Å²) in [7, 11) is 0. The molecule has 0 aromatic rings. The summed E-state index contributed by atoms with van der Waals surface area (Å²) in [6, 6.07) is 0. The Kier molecular flexibility index (Phi) is 3.27. The lowest BCUT2D eigenvalue weighted by molar-refractivity contribution is 1.90. The van der Waals surface area contributed by atoms with Gasteiger partial charge in [-0.05, 0) is 0 Å². The fraction of sp³-hybridized carbons (Fsp3) is 0.500. The third-order valence-electron chi connectivity index (χ3n) is 0.103. The van der Waals surface area contributed by atoms with Crippen molar-refractivity contribution in [1.29, 1.82) is 0 Å². The maximum atomic E-state index is 5.07. The van der Waals surface area contributed by atoms with Crippen LogP contribution in [0.1, 0.15) is 0 Å². The predicted molar refractivity (Wildman–Crippen MR) is 29.1 cm³/mol. The van der Waals surface area contributed by atoms with E-state index < -0.39 is 4.84 Å². The molecule has 0 nitrogen and oxygen atoms in total. The molecular weight excluding hydrogens is 127 g/mol. The normalized spacial score (nSPS) is 8.60. The van der Waals surface area contributed by atoms with E-state index in [1.54, 1.807) is 0 Å². The third kappa shape index (κ3) is 4.67. The minimum Gasteiger partial charge on any atom is -0.0998 e. The Labute approximate surface area is 46.1 Å². The molecule has 0 amide bonds. The molecule has 0 aliphatic carbocycles. The van der Waals surface area contributed by atoms with Crippen molar-refractivity contribution in [2.45, 2.75) is 4.84 Å². The fourth-order valence-electron chi connectivity index (χ4n) is 0. The Morgan fingerprint density at radius 2 is 1.80 bits per heavy atom. The zero-order valence-corrected chi connectivity index (χ0v) is 4.65. The summed E-state index contributed by atoms with van der Waals surface area (Å²) in [5, 5.41) is 1.28. The SMILES string of the molecule is S=CC(Cl)Cl. The molecule has 0 N–H and O–H groups in total. The second kappa shape index (κ2) is 2.88. The van der Waals surface area contributed by atoms with Crippen LogP contribution in [0, 0.1) is 0 Å². The van der Waals surface area contributed by atoms with E-state index in [-0.39, 0.29) is 0 Å². The molecule has 0 saturated heterocycles. The van der Waals surface area contributed by atoms with Gasteiger partial charge in [-0.3, -0.25) is 0 Å². The molecule has 0 fully saturated rings. The summed E-state index contributed by atoms with van der Waals surface area (Å²) >= 11 is 14.4. The van der Waals surface area contributed by atoms with Crippen molar-refractivity contribution >= 4 is 40.8 Å². The van der Waals surface area contributed by atoms with Gasteiger partial charge in [-0.15, -0.1) is 0 Å². The van der Waals surface area contributed by atoms with E-state index in [2.05, 4.69) is 12.2 Å². The van der Waals surface area contributed by atoms with Crippen molar-refractivity contribution in [3.8, 4) is 0 Å². The van der Waals surface area contributed by atoms with Crippen molar-refractivity contribution in [2.24, 2.45) is 0 Å². The van der Waals surface area contributed by atoms with Crippen molar-refractivity contribution in [3.63, 3.8) is 0 Å². The second-order valence-corrected chi connectivity index (χ2v) is 1.91.